The van der Waals surface area contributed by atoms with Crippen molar-refractivity contribution >= 4 is 0 Å². The molecule has 1 aromatic rings. The first kappa shape index (κ1) is 10.7. The fraction of sp³-hybridized carbons (Fsp3) is 0.692. The summed E-state index contributed by atoms with van der Waals surface area (Å²) in [5, 5.41) is 0. The van der Waals surface area contributed by atoms with Crippen LogP contribution < -0.4 is 0 Å². The summed E-state index contributed by atoms with van der Waals surface area (Å²) in [6.07, 6.45) is 3.90. The fourth-order valence-corrected chi connectivity index (χ4v) is 1.91. The van der Waals surface area contributed by atoms with E-state index in [1.54, 1.807) is 0 Å². The van der Waals surface area contributed by atoms with Crippen molar-refractivity contribution in [2.24, 2.45) is 5.92 Å². The lowest BCUT2D eigenvalue weighted by molar-refractivity contribution is 0.119. The molecule has 0 bridgehead atoms. The molecule has 1 aromatic heterocycles. The molecule has 2 nitrogen and oxygen atoms in total. The van der Waals surface area contributed by atoms with Gasteiger partial charge in [-0.25, -0.2) is 0 Å². The van der Waals surface area contributed by atoms with Gasteiger partial charge in [0.25, 0.3) is 0 Å². The second-order valence-corrected chi connectivity index (χ2v) is 4.64. The molecule has 0 saturated heterocycles. The fourth-order valence-electron chi connectivity index (χ4n) is 1.91. The van der Waals surface area contributed by atoms with E-state index >= 15 is 0 Å². The highest BCUT2D eigenvalue weighted by atomic mass is 16.5. The Bertz CT molecular complexity index is 293. The molecule has 0 aromatic carbocycles. The van der Waals surface area contributed by atoms with Gasteiger partial charge < -0.3 is 9.30 Å². The number of aryl methyl sites for hydroxylation is 2. The summed E-state index contributed by atoms with van der Waals surface area (Å²) in [4.78, 5) is 0. The SMILES string of the molecule is Cc1ccc(C)n1CCCOCC1CC1. The molecule has 1 heterocycles. The van der Waals surface area contributed by atoms with Gasteiger partial charge in [0.05, 0.1) is 0 Å². The topological polar surface area (TPSA) is 14.2 Å². The first-order valence-electron chi connectivity index (χ1n) is 5.98. The van der Waals surface area contributed by atoms with Gasteiger partial charge in [-0.3, -0.25) is 0 Å². The van der Waals surface area contributed by atoms with E-state index in [-0.39, 0.29) is 0 Å². The highest BCUT2D eigenvalue weighted by Crippen LogP contribution is 2.28. The maximum absolute atomic E-state index is 5.62. The molecule has 1 aliphatic carbocycles. The second-order valence-electron chi connectivity index (χ2n) is 4.64. The van der Waals surface area contributed by atoms with Crippen molar-refractivity contribution in [2.45, 2.75) is 39.7 Å². The zero-order valence-electron chi connectivity index (χ0n) is 9.83. The lowest BCUT2D eigenvalue weighted by atomic mass is 10.4. The molecule has 1 aliphatic rings. The molecule has 15 heavy (non-hydrogen) atoms. The lowest BCUT2D eigenvalue weighted by Crippen LogP contribution is -2.06. The van der Waals surface area contributed by atoms with Crippen LogP contribution >= 0.6 is 0 Å². The number of aromatic nitrogens is 1. The normalized spacial score (nSPS) is 15.9. The third-order valence-corrected chi connectivity index (χ3v) is 3.14. The Hall–Kier alpha value is -0.760. The summed E-state index contributed by atoms with van der Waals surface area (Å²) in [7, 11) is 0. The van der Waals surface area contributed by atoms with Crippen molar-refractivity contribution in [1.29, 1.82) is 0 Å². The quantitative estimate of drug-likeness (QED) is 0.654. The van der Waals surface area contributed by atoms with E-state index in [0.29, 0.717) is 0 Å². The van der Waals surface area contributed by atoms with Crippen LogP contribution in [0.1, 0.15) is 30.7 Å². The minimum absolute atomic E-state index is 0.889. The van der Waals surface area contributed by atoms with Crippen LogP contribution in [-0.2, 0) is 11.3 Å². The molecule has 84 valence electrons. The van der Waals surface area contributed by atoms with Crippen molar-refractivity contribution in [2.75, 3.05) is 13.2 Å². The van der Waals surface area contributed by atoms with Gasteiger partial charge in [0.1, 0.15) is 0 Å². The number of nitrogens with zero attached hydrogens (tertiary/aromatic N) is 1. The van der Waals surface area contributed by atoms with Gasteiger partial charge in [-0.05, 0) is 51.2 Å². The van der Waals surface area contributed by atoms with E-state index in [0.717, 1.165) is 32.1 Å². The van der Waals surface area contributed by atoms with Crippen molar-refractivity contribution in [1.82, 2.24) is 4.57 Å². The summed E-state index contributed by atoms with van der Waals surface area (Å²) >= 11 is 0. The van der Waals surface area contributed by atoms with E-state index in [1.807, 2.05) is 0 Å². The van der Waals surface area contributed by atoms with Crippen LogP contribution in [0.5, 0.6) is 0 Å². The van der Waals surface area contributed by atoms with Gasteiger partial charge in [0, 0.05) is 31.1 Å². The van der Waals surface area contributed by atoms with E-state index in [9.17, 15) is 0 Å². The van der Waals surface area contributed by atoms with Crippen molar-refractivity contribution < 1.29 is 4.74 Å². The van der Waals surface area contributed by atoms with Gasteiger partial charge in [0.15, 0.2) is 0 Å². The van der Waals surface area contributed by atoms with Crippen molar-refractivity contribution in [3.63, 3.8) is 0 Å². The Morgan fingerprint density at radius 2 is 1.93 bits per heavy atom. The predicted molar refractivity (Wildman–Crippen MR) is 62.1 cm³/mol. The zero-order valence-corrected chi connectivity index (χ0v) is 9.83. The largest absolute Gasteiger partial charge is 0.381 e. The molecule has 0 amide bonds. The Morgan fingerprint density at radius 3 is 2.53 bits per heavy atom. The van der Waals surface area contributed by atoms with Gasteiger partial charge in [-0.15, -0.1) is 0 Å². The molecule has 0 unspecified atom stereocenters. The summed E-state index contributed by atoms with van der Waals surface area (Å²) < 4.78 is 7.98. The zero-order chi connectivity index (χ0) is 10.7. The van der Waals surface area contributed by atoms with Crippen LogP contribution in [0.15, 0.2) is 12.1 Å². The monoisotopic (exact) mass is 207 g/mol. The molecular formula is C13H21NO. The Balaban J connectivity index is 1.64. The minimum atomic E-state index is 0.889. The van der Waals surface area contributed by atoms with Crippen LogP contribution in [0.25, 0.3) is 0 Å². The molecule has 1 saturated carbocycles. The highest BCUT2D eigenvalue weighted by Gasteiger charge is 2.20. The van der Waals surface area contributed by atoms with Gasteiger partial charge in [-0.2, -0.15) is 0 Å². The molecule has 1 fully saturated rings. The summed E-state index contributed by atoms with van der Waals surface area (Å²) in [5.41, 5.74) is 2.71. The van der Waals surface area contributed by atoms with E-state index in [2.05, 4.69) is 30.5 Å². The maximum Gasteiger partial charge on any atom is 0.0494 e. The van der Waals surface area contributed by atoms with Crippen molar-refractivity contribution in [3.05, 3.63) is 23.5 Å². The number of hydrogen-bond donors (Lipinski definition) is 0. The standard InChI is InChI=1S/C13H21NO/c1-11-4-5-12(2)14(11)8-3-9-15-10-13-6-7-13/h4-5,13H,3,6-10H2,1-2H3. The van der Waals surface area contributed by atoms with E-state index in [1.165, 1.54) is 24.2 Å². The molecule has 0 spiro atoms. The average Bonchev–Trinajstić information content (AvgIpc) is 2.98. The van der Waals surface area contributed by atoms with Crippen LogP contribution in [-0.4, -0.2) is 17.8 Å². The highest BCUT2D eigenvalue weighted by molar-refractivity contribution is 5.13. The molecule has 0 radical (unpaired) electrons. The second kappa shape index (κ2) is 4.84. The molecule has 0 N–H and O–H groups in total. The van der Waals surface area contributed by atoms with Gasteiger partial charge in [-0.1, -0.05) is 0 Å². The van der Waals surface area contributed by atoms with Gasteiger partial charge >= 0.3 is 0 Å². The smallest absolute Gasteiger partial charge is 0.0494 e. The summed E-state index contributed by atoms with van der Waals surface area (Å²) in [5.74, 6) is 0.889. The Kier molecular flexibility index (Phi) is 3.47. The Morgan fingerprint density at radius 1 is 1.27 bits per heavy atom. The first-order valence-corrected chi connectivity index (χ1v) is 5.98. The van der Waals surface area contributed by atoms with Crippen LogP contribution in [0.4, 0.5) is 0 Å². The van der Waals surface area contributed by atoms with Crippen molar-refractivity contribution in [3.8, 4) is 0 Å². The number of ether oxygens (including phenoxy) is 1. The van der Waals surface area contributed by atoms with Gasteiger partial charge in [0.2, 0.25) is 0 Å². The third kappa shape index (κ3) is 3.10. The number of hydrogen-bond acceptors (Lipinski definition) is 1. The molecule has 0 atom stereocenters. The predicted octanol–water partition coefficient (Wildman–Crippen LogP) is 2.92. The molecular weight excluding hydrogens is 186 g/mol. The summed E-state index contributed by atoms with van der Waals surface area (Å²) in [6.45, 7) is 7.32. The third-order valence-electron chi connectivity index (χ3n) is 3.14. The average molecular weight is 207 g/mol. The van der Waals surface area contributed by atoms with Crippen LogP contribution in [0.2, 0.25) is 0 Å². The Labute approximate surface area is 92.2 Å². The molecule has 2 rings (SSSR count). The molecule has 0 aliphatic heterocycles. The van der Waals surface area contributed by atoms with E-state index < -0.39 is 0 Å². The maximum atomic E-state index is 5.62. The van der Waals surface area contributed by atoms with E-state index in [4.69, 9.17) is 4.74 Å². The number of rotatable bonds is 6. The molecule has 2 heteroatoms. The van der Waals surface area contributed by atoms with Crippen LogP contribution in [0, 0.1) is 19.8 Å². The lowest BCUT2D eigenvalue weighted by Gasteiger charge is -2.09. The van der Waals surface area contributed by atoms with Crippen LogP contribution in [0.3, 0.4) is 0 Å². The summed E-state index contributed by atoms with van der Waals surface area (Å²) in [6, 6.07) is 4.36. The minimum Gasteiger partial charge on any atom is -0.381 e. The first-order chi connectivity index (χ1) is 7.27.